The molecule has 2 saturated carbocycles. The third-order valence-electron chi connectivity index (χ3n) is 14.5. The number of likely N-dealkylation sites (tertiary alicyclic amines) is 1. The summed E-state index contributed by atoms with van der Waals surface area (Å²) in [4.78, 5) is 60.3. The number of ether oxygens (including phenoxy) is 2. The van der Waals surface area contributed by atoms with Crippen LogP contribution in [-0.4, -0.2) is 105 Å². The summed E-state index contributed by atoms with van der Waals surface area (Å²) in [6, 6.07) is 23.4. The largest absolute Gasteiger partial charge is 0.480 e. The Bertz CT molecular complexity index is 2240. The number of aromatic nitrogens is 2. The smallest absolute Gasteiger partial charge is 0.410 e. The molecule has 0 spiro atoms. The van der Waals surface area contributed by atoms with Crippen molar-refractivity contribution in [2.75, 3.05) is 26.2 Å². The number of amides is 2. The minimum Gasteiger partial charge on any atom is -0.480 e. The molecule has 10 rings (SSSR count). The summed E-state index contributed by atoms with van der Waals surface area (Å²) in [5.74, 6) is -1.80. The van der Waals surface area contributed by atoms with Crippen molar-refractivity contribution in [2.45, 2.75) is 138 Å². The Morgan fingerprint density at radius 2 is 1.07 bits per heavy atom. The number of carboxylic acids is 2. The van der Waals surface area contributed by atoms with Crippen LogP contribution in [0.2, 0.25) is 0 Å². The lowest BCUT2D eigenvalue weighted by atomic mass is 9.74. The molecule has 3 N–H and O–H groups in total. The first-order valence-electron chi connectivity index (χ1n) is 24.4. The second-order valence-electron chi connectivity index (χ2n) is 18.7. The molecule has 3 unspecified atom stereocenters. The number of aliphatic carboxylic acids is 2. The maximum absolute atomic E-state index is 12.9. The number of alkyl halides is 1. The number of piperidine rings is 1. The summed E-state index contributed by atoms with van der Waals surface area (Å²) in [6.45, 7) is 1.69. The number of rotatable bonds is 5. The summed E-state index contributed by atoms with van der Waals surface area (Å²) in [5, 5.41) is 22.0. The van der Waals surface area contributed by atoms with E-state index >= 15 is 0 Å². The Kier molecular flexibility index (Phi) is 16.4. The van der Waals surface area contributed by atoms with Gasteiger partial charge in [-0.2, -0.15) is 0 Å². The highest BCUT2D eigenvalue weighted by Crippen LogP contribution is 2.44. The Morgan fingerprint density at radius 1 is 0.582 bits per heavy atom. The number of benzene rings is 2. The fourth-order valence-electron chi connectivity index (χ4n) is 10.9. The molecule has 4 fully saturated rings. The number of aryl methyl sites for hydroxylation is 4. The zero-order chi connectivity index (χ0) is 46.7. The molecule has 2 aromatic carbocycles. The van der Waals surface area contributed by atoms with E-state index in [1.54, 1.807) is 0 Å². The monoisotopic (exact) mass is 933 g/mol. The van der Waals surface area contributed by atoms with Crippen LogP contribution >= 0.6 is 11.6 Å². The number of piperazine rings is 1. The van der Waals surface area contributed by atoms with E-state index in [9.17, 15) is 24.3 Å². The molecule has 2 aliphatic heterocycles. The van der Waals surface area contributed by atoms with Crippen molar-refractivity contribution >= 4 is 35.7 Å². The van der Waals surface area contributed by atoms with Crippen molar-refractivity contribution in [3.05, 3.63) is 130 Å². The van der Waals surface area contributed by atoms with Crippen LogP contribution in [0.3, 0.4) is 0 Å². The second-order valence-corrected chi connectivity index (χ2v) is 19.1. The first-order valence-corrected chi connectivity index (χ1v) is 24.9. The van der Waals surface area contributed by atoms with Gasteiger partial charge in [-0.1, -0.05) is 73.5 Å². The highest BCUT2D eigenvalue weighted by atomic mass is 35.5. The van der Waals surface area contributed by atoms with Crippen molar-refractivity contribution in [2.24, 2.45) is 5.92 Å². The van der Waals surface area contributed by atoms with Crippen molar-refractivity contribution < 1.29 is 38.9 Å². The molecule has 2 aromatic heterocycles. The van der Waals surface area contributed by atoms with Crippen molar-refractivity contribution in [3.63, 3.8) is 0 Å². The molecular weight excluding hydrogens is 870 g/mol. The molecule has 5 atom stereocenters. The van der Waals surface area contributed by atoms with E-state index in [1.165, 1.54) is 56.0 Å². The molecule has 6 aliphatic rings. The SMILES string of the molecule is ClC1c2ccccc2CCc2cccnc21.O=C(O)[C@H]1CC(C2c3ccccc3CCc3cccnc32)CCN1C(=O)OC1CCCCC1.O=C(O)[C@H]1CNCCN1C(=O)OC1CCCCC1. The minimum atomic E-state index is -0.984. The van der Waals surface area contributed by atoms with Gasteiger partial charge in [-0.05, 0) is 141 Å². The molecule has 0 radical (unpaired) electrons. The Balaban J connectivity index is 0.000000150. The van der Waals surface area contributed by atoms with Crippen molar-refractivity contribution in [1.29, 1.82) is 0 Å². The highest BCUT2D eigenvalue weighted by Gasteiger charge is 2.43. The minimum absolute atomic E-state index is 0.0319. The van der Waals surface area contributed by atoms with Gasteiger partial charge in [0.1, 0.15) is 29.7 Å². The number of carbonyl (C=O) groups excluding carboxylic acids is 2. The van der Waals surface area contributed by atoms with E-state index in [0.717, 1.165) is 94.9 Å². The summed E-state index contributed by atoms with van der Waals surface area (Å²) < 4.78 is 11.1. The molecule has 4 aromatic rings. The number of pyridine rings is 2. The Labute approximate surface area is 398 Å². The average Bonchev–Trinajstić information content (AvgIpc) is 3.62. The van der Waals surface area contributed by atoms with E-state index < -0.39 is 36.2 Å². The molecule has 2 saturated heterocycles. The number of carboxylic acid groups (broad SMARTS) is 2. The van der Waals surface area contributed by atoms with E-state index in [0.29, 0.717) is 26.1 Å². The zero-order valence-corrected chi connectivity index (χ0v) is 39.0. The summed E-state index contributed by atoms with van der Waals surface area (Å²) in [5.41, 5.74) is 9.73. The number of hydrogen-bond donors (Lipinski definition) is 3. The quantitative estimate of drug-likeness (QED) is 0.163. The molecular formula is C53H64ClN5O8. The standard InChI is InChI=1S/C27H32N2O4.C14H12ClN.C12H20N2O4/c30-26(31)23-17-20(14-16-29(23)27(32)33-21-9-2-1-3-10-21)24-22-11-5-4-7-18(22)12-13-19-8-6-15-28-25(19)24;15-13-12-6-2-1-4-10(12)7-8-11-5-3-9-16-14(11)13;15-11(16)10-8-13-6-7-14(10)12(17)18-9-4-2-1-3-5-9/h4-8,11,15,20-21,23-24H,1-3,9-10,12-14,16-17H2,(H,30,31);1-6,9,13H,7-8H2;9-10,13H,1-8H2,(H,15,16)/t20?,23-,24?;;10-/m1.1/s1. The van der Waals surface area contributed by atoms with Gasteiger partial charge in [0.2, 0.25) is 0 Å². The van der Waals surface area contributed by atoms with Gasteiger partial charge in [0.15, 0.2) is 0 Å². The van der Waals surface area contributed by atoms with Gasteiger partial charge in [0, 0.05) is 44.5 Å². The number of nitrogens with zero attached hydrogens (tertiary/aromatic N) is 4. The molecule has 67 heavy (non-hydrogen) atoms. The third kappa shape index (κ3) is 11.8. The summed E-state index contributed by atoms with van der Waals surface area (Å²) in [6.07, 6.45) is 17.9. The van der Waals surface area contributed by atoms with Crippen molar-refractivity contribution in [1.82, 2.24) is 25.1 Å². The van der Waals surface area contributed by atoms with Crippen LogP contribution in [0.15, 0.2) is 85.2 Å². The molecule has 4 aliphatic carbocycles. The highest BCUT2D eigenvalue weighted by molar-refractivity contribution is 6.22. The van der Waals surface area contributed by atoms with Gasteiger partial charge >= 0.3 is 24.1 Å². The van der Waals surface area contributed by atoms with Crippen LogP contribution < -0.4 is 5.32 Å². The van der Waals surface area contributed by atoms with Gasteiger partial charge in [0.05, 0.1) is 11.4 Å². The normalized spacial score (nSPS) is 23.9. The predicted octanol–water partition coefficient (Wildman–Crippen LogP) is 9.27. The van der Waals surface area contributed by atoms with Crippen LogP contribution in [-0.2, 0) is 44.7 Å². The van der Waals surface area contributed by atoms with Gasteiger partial charge in [-0.3, -0.25) is 19.8 Å². The first-order chi connectivity index (χ1) is 32.7. The Hall–Kier alpha value is -5.53. The number of hydrogen-bond acceptors (Lipinski definition) is 9. The van der Waals surface area contributed by atoms with E-state index in [1.807, 2.05) is 30.6 Å². The lowest BCUT2D eigenvalue weighted by Gasteiger charge is -2.40. The van der Waals surface area contributed by atoms with Crippen LogP contribution in [0.5, 0.6) is 0 Å². The number of fused-ring (bicyclic) bond motifs is 4. The third-order valence-corrected chi connectivity index (χ3v) is 14.9. The topological polar surface area (TPSA) is 171 Å². The Morgan fingerprint density at radius 3 is 1.67 bits per heavy atom. The van der Waals surface area contributed by atoms with Crippen LogP contribution in [0.25, 0.3) is 0 Å². The fraction of sp³-hybridized carbons (Fsp3) is 0.509. The molecule has 13 nitrogen and oxygen atoms in total. The van der Waals surface area contributed by atoms with Crippen LogP contribution in [0, 0.1) is 5.92 Å². The first kappa shape index (κ1) is 47.9. The van der Waals surface area contributed by atoms with Gasteiger partial charge in [-0.25, -0.2) is 19.2 Å². The van der Waals surface area contributed by atoms with Gasteiger partial charge < -0.3 is 25.0 Å². The van der Waals surface area contributed by atoms with Gasteiger partial charge in [0.25, 0.3) is 0 Å². The van der Waals surface area contributed by atoms with E-state index in [-0.39, 0.29) is 36.0 Å². The van der Waals surface area contributed by atoms with E-state index in [4.69, 9.17) is 31.2 Å². The summed E-state index contributed by atoms with van der Waals surface area (Å²) >= 11 is 6.52. The van der Waals surface area contributed by atoms with E-state index in [2.05, 4.69) is 64.9 Å². The zero-order valence-electron chi connectivity index (χ0n) is 38.3. The molecule has 356 valence electrons. The van der Waals surface area contributed by atoms with Crippen LogP contribution in [0.1, 0.15) is 133 Å². The average molecular weight is 935 g/mol. The molecule has 2 amide bonds. The van der Waals surface area contributed by atoms with Gasteiger partial charge in [-0.15, -0.1) is 11.6 Å². The maximum atomic E-state index is 12.9. The lowest BCUT2D eigenvalue weighted by molar-refractivity contribution is -0.145. The number of halogens is 1. The molecule has 0 bridgehead atoms. The lowest BCUT2D eigenvalue weighted by Crippen LogP contribution is -2.57. The predicted molar refractivity (Wildman–Crippen MR) is 254 cm³/mol. The maximum Gasteiger partial charge on any atom is 0.410 e. The summed E-state index contributed by atoms with van der Waals surface area (Å²) in [7, 11) is 0. The number of nitrogens with one attached hydrogen (secondary N) is 1. The fourth-order valence-corrected chi connectivity index (χ4v) is 11.3. The molecule has 4 heterocycles. The number of carbonyl (C=O) groups is 4. The van der Waals surface area contributed by atoms with Crippen molar-refractivity contribution in [3.8, 4) is 0 Å². The van der Waals surface area contributed by atoms with Crippen LogP contribution in [0.4, 0.5) is 9.59 Å². The molecule has 14 heteroatoms. The second kappa shape index (κ2) is 23.0.